The Kier molecular flexibility index (Phi) is 8.85. The average molecular weight is 563 g/mol. The molecule has 0 saturated carbocycles. The summed E-state index contributed by atoms with van der Waals surface area (Å²) in [5, 5.41) is 14.7. The average Bonchev–Trinajstić information content (AvgIpc) is 3.61. The van der Waals surface area contributed by atoms with Gasteiger partial charge in [0.1, 0.15) is 17.6 Å². The second-order valence-electron chi connectivity index (χ2n) is 10.8. The summed E-state index contributed by atoms with van der Waals surface area (Å²) in [7, 11) is 0. The summed E-state index contributed by atoms with van der Waals surface area (Å²) in [6.07, 6.45) is 1.000. The molecule has 11 heteroatoms. The smallest absolute Gasteiger partial charge is 0.335 e. The van der Waals surface area contributed by atoms with Gasteiger partial charge in [-0.15, -0.1) is 0 Å². The molecule has 0 aliphatic carbocycles. The Morgan fingerprint density at radius 1 is 0.902 bits per heavy atom. The molecule has 3 N–H and O–H groups in total. The first-order valence-corrected chi connectivity index (χ1v) is 13.6. The summed E-state index contributed by atoms with van der Waals surface area (Å²) in [5.41, 5.74) is 1.26. The number of oxazole rings is 1. The number of aromatic nitrogens is 1. The van der Waals surface area contributed by atoms with Crippen molar-refractivity contribution in [1.29, 1.82) is 0 Å². The Bertz CT molecular complexity index is 1430. The molecule has 1 aliphatic rings. The van der Waals surface area contributed by atoms with E-state index in [1.807, 2.05) is 0 Å². The van der Waals surface area contributed by atoms with Crippen LogP contribution in [0, 0.1) is 11.8 Å². The number of Topliss-reactive ketones (excluding diaryl/α,β-unsaturated/α-hetero) is 1. The molecule has 1 aromatic heterocycles. The first-order valence-electron chi connectivity index (χ1n) is 13.6. The molecule has 4 rings (SSSR count). The van der Waals surface area contributed by atoms with Crippen LogP contribution < -0.4 is 10.6 Å². The van der Waals surface area contributed by atoms with Crippen LogP contribution in [0.1, 0.15) is 71.9 Å². The maximum Gasteiger partial charge on any atom is 0.335 e. The molecule has 0 spiro atoms. The van der Waals surface area contributed by atoms with Gasteiger partial charge in [0, 0.05) is 12.1 Å². The zero-order valence-corrected chi connectivity index (χ0v) is 23.4. The van der Waals surface area contributed by atoms with Crippen LogP contribution in [0.25, 0.3) is 11.1 Å². The molecule has 1 fully saturated rings. The molecule has 2 heterocycles. The van der Waals surface area contributed by atoms with Crippen LogP contribution in [-0.2, 0) is 9.59 Å². The van der Waals surface area contributed by atoms with Crippen LogP contribution in [0.3, 0.4) is 0 Å². The van der Waals surface area contributed by atoms with E-state index in [4.69, 9.17) is 9.52 Å². The van der Waals surface area contributed by atoms with Crippen molar-refractivity contribution in [2.75, 3.05) is 6.54 Å². The SMILES string of the molecule is CC(C)[C@H](NC(=O)[C@@H]1CCCN1C(=O)[C@@H](NC(=O)c1ccc(C(=O)O)cc1)C(C)C)C(=O)c1nc2ccccc2o1. The van der Waals surface area contributed by atoms with Crippen molar-refractivity contribution in [3.05, 3.63) is 65.5 Å². The third kappa shape index (κ3) is 6.45. The van der Waals surface area contributed by atoms with Gasteiger partial charge in [0.15, 0.2) is 5.58 Å². The number of hydrogen-bond donors (Lipinski definition) is 3. The van der Waals surface area contributed by atoms with Gasteiger partial charge in [-0.3, -0.25) is 19.2 Å². The van der Waals surface area contributed by atoms with Gasteiger partial charge in [-0.2, -0.15) is 0 Å². The summed E-state index contributed by atoms with van der Waals surface area (Å²) in [6.45, 7) is 7.51. The van der Waals surface area contributed by atoms with E-state index in [9.17, 15) is 24.0 Å². The van der Waals surface area contributed by atoms with Crippen LogP contribution in [-0.4, -0.2) is 69.1 Å². The van der Waals surface area contributed by atoms with Crippen molar-refractivity contribution in [3.8, 4) is 0 Å². The predicted octanol–water partition coefficient (Wildman–Crippen LogP) is 3.30. The normalized spacial score (nSPS) is 16.5. The molecule has 0 bridgehead atoms. The maximum absolute atomic E-state index is 13.6. The van der Waals surface area contributed by atoms with Gasteiger partial charge in [-0.1, -0.05) is 39.8 Å². The molecule has 0 unspecified atom stereocenters. The zero-order chi connectivity index (χ0) is 29.8. The minimum Gasteiger partial charge on any atom is -0.478 e. The van der Waals surface area contributed by atoms with Crippen LogP contribution in [0.5, 0.6) is 0 Å². The van der Waals surface area contributed by atoms with Gasteiger partial charge in [0.2, 0.25) is 17.6 Å². The Morgan fingerprint density at radius 3 is 2.15 bits per heavy atom. The lowest BCUT2D eigenvalue weighted by Gasteiger charge is -2.31. The second-order valence-corrected chi connectivity index (χ2v) is 10.8. The molecule has 1 aliphatic heterocycles. The highest BCUT2D eigenvalue weighted by atomic mass is 16.4. The first kappa shape index (κ1) is 29.4. The number of carbonyl (C=O) groups excluding carboxylic acids is 4. The minimum absolute atomic E-state index is 0.0400. The number of rotatable bonds is 10. The van der Waals surface area contributed by atoms with Gasteiger partial charge < -0.3 is 25.1 Å². The lowest BCUT2D eigenvalue weighted by atomic mass is 9.98. The largest absolute Gasteiger partial charge is 0.478 e. The monoisotopic (exact) mass is 562 g/mol. The molecule has 3 aromatic rings. The lowest BCUT2D eigenvalue weighted by Crippen LogP contribution is -2.57. The number of para-hydroxylation sites is 2. The molecular weight excluding hydrogens is 528 g/mol. The number of carbonyl (C=O) groups is 5. The number of fused-ring (bicyclic) bond motifs is 1. The Balaban J connectivity index is 1.47. The topological polar surface area (TPSA) is 159 Å². The molecular formula is C30H34N4O7. The predicted molar refractivity (Wildman–Crippen MR) is 149 cm³/mol. The van der Waals surface area contributed by atoms with E-state index < -0.39 is 47.6 Å². The number of amides is 3. The highest BCUT2D eigenvalue weighted by Gasteiger charge is 2.40. The minimum atomic E-state index is -1.11. The van der Waals surface area contributed by atoms with Crippen molar-refractivity contribution in [1.82, 2.24) is 20.5 Å². The zero-order valence-electron chi connectivity index (χ0n) is 23.4. The van der Waals surface area contributed by atoms with E-state index in [0.717, 1.165) is 0 Å². The Labute approximate surface area is 237 Å². The maximum atomic E-state index is 13.6. The van der Waals surface area contributed by atoms with Crippen molar-refractivity contribution in [2.45, 2.75) is 58.7 Å². The fraction of sp³-hybridized carbons (Fsp3) is 0.400. The van der Waals surface area contributed by atoms with Crippen molar-refractivity contribution >= 4 is 40.6 Å². The Morgan fingerprint density at radius 2 is 1.54 bits per heavy atom. The number of benzene rings is 2. The van der Waals surface area contributed by atoms with E-state index in [0.29, 0.717) is 30.5 Å². The molecule has 3 amide bonds. The van der Waals surface area contributed by atoms with E-state index in [1.54, 1.807) is 52.0 Å². The van der Waals surface area contributed by atoms with Crippen LogP contribution in [0.15, 0.2) is 52.9 Å². The van der Waals surface area contributed by atoms with Gasteiger partial charge in [0.25, 0.3) is 11.8 Å². The number of nitrogens with one attached hydrogen (secondary N) is 2. The van der Waals surface area contributed by atoms with Crippen LogP contribution in [0.2, 0.25) is 0 Å². The number of carboxylic acid groups (broad SMARTS) is 1. The van der Waals surface area contributed by atoms with E-state index in [1.165, 1.54) is 29.2 Å². The highest BCUT2D eigenvalue weighted by molar-refractivity contribution is 6.02. The number of aromatic carboxylic acids is 1. The van der Waals surface area contributed by atoms with Crippen LogP contribution in [0.4, 0.5) is 0 Å². The van der Waals surface area contributed by atoms with E-state index in [2.05, 4.69) is 15.6 Å². The van der Waals surface area contributed by atoms with Gasteiger partial charge in [-0.25, -0.2) is 9.78 Å². The molecule has 11 nitrogen and oxygen atoms in total. The number of carboxylic acids is 1. The molecule has 41 heavy (non-hydrogen) atoms. The molecule has 0 radical (unpaired) electrons. The van der Waals surface area contributed by atoms with Crippen molar-refractivity contribution in [3.63, 3.8) is 0 Å². The van der Waals surface area contributed by atoms with Crippen molar-refractivity contribution < 1.29 is 33.5 Å². The number of nitrogens with zero attached hydrogens (tertiary/aromatic N) is 2. The number of ketones is 1. The summed E-state index contributed by atoms with van der Waals surface area (Å²) < 4.78 is 5.63. The highest BCUT2D eigenvalue weighted by Crippen LogP contribution is 2.23. The third-order valence-electron chi connectivity index (χ3n) is 7.20. The number of hydrogen-bond acceptors (Lipinski definition) is 7. The molecule has 1 saturated heterocycles. The van der Waals surface area contributed by atoms with E-state index in [-0.39, 0.29) is 28.9 Å². The van der Waals surface area contributed by atoms with Crippen molar-refractivity contribution in [2.24, 2.45) is 11.8 Å². The molecule has 3 atom stereocenters. The van der Waals surface area contributed by atoms with Crippen LogP contribution >= 0.6 is 0 Å². The summed E-state index contributed by atoms with van der Waals surface area (Å²) in [5.74, 6) is -3.62. The standard InChI is InChI=1S/C30H34N4O7/c1-16(2)23(25(35)28-31-20-8-5-6-10-22(20)41-28)32-27(37)21-9-7-15-34(21)29(38)24(17(3)4)33-26(36)18-11-13-19(14-12-18)30(39)40/h5-6,8,10-14,16-17,21,23-24H,7,9,15H2,1-4H3,(H,32,37)(H,33,36)(H,39,40)/t21-,23-,24-/m0/s1. The third-order valence-corrected chi connectivity index (χ3v) is 7.20. The first-order chi connectivity index (χ1) is 19.5. The Hall–Kier alpha value is -4.54. The molecule has 2 aromatic carbocycles. The summed E-state index contributed by atoms with van der Waals surface area (Å²) >= 11 is 0. The van der Waals surface area contributed by atoms with Gasteiger partial charge in [0.05, 0.1) is 11.6 Å². The number of likely N-dealkylation sites (tertiary alicyclic amines) is 1. The van der Waals surface area contributed by atoms with Gasteiger partial charge >= 0.3 is 5.97 Å². The fourth-order valence-corrected chi connectivity index (χ4v) is 4.88. The summed E-state index contributed by atoms with van der Waals surface area (Å²) in [4.78, 5) is 70.2. The quantitative estimate of drug-likeness (QED) is 0.318. The lowest BCUT2D eigenvalue weighted by molar-refractivity contribution is -0.140. The fourth-order valence-electron chi connectivity index (χ4n) is 4.88. The molecule has 216 valence electrons. The van der Waals surface area contributed by atoms with E-state index >= 15 is 0 Å². The summed E-state index contributed by atoms with van der Waals surface area (Å²) in [6, 6.07) is 9.75. The second kappa shape index (κ2) is 12.3. The van der Waals surface area contributed by atoms with Gasteiger partial charge in [-0.05, 0) is 61.1 Å².